The van der Waals surface area contributed by atoms with Crippen LogP contribution in [0.4, 0.5) is 0 Å². The van der Waals surface area contributed by atoms with Crippen molar-refractivity contribution in [1.29, 1.82) is 0 Å². The normalized spacial score (nSPS) is 13.9. The van der Waals surface area contributed by atoms with E-state index in [2.05, 4.69) is 0 Å². The van der Waals surface area contributed by atoms with Crippen molar-refractivity contribution in [3.05, 3.63) is 23.3 Å². The molecule has 0 atom stereocenters. The molecule has 2 rings (SSSR count). The number of hydrogen-bond acceptors (Lipinski definition) is 5. The van der Waals surface area contributed by atoms with E-state index in [4.69, 9.17) is 9.47 Å². The quantitative estimate of drug-likeness (QED) is 0.768. The summed E-state index contributed by atoms with van der Waals surface area (Å²) in [5, 5.41) is 0. The van der Waals surface area contributed by atoms with E-state index < -0.39 is 0 Å². The molecular weight excluding hydrogens is 258 g/mol. The van der Waals surface area contributed by atoms with E-state index in [1.54, 1.807) is 12.1 Å². The first kappa shape index (κ1) is 14.5. The summed E-state index contributed by atoms with van der Waals surface area (Å²) in [7, 11) is 3.90. The van der Waals surface area contributed by atoms with Crippen LogP contribution >= 0.6 is 0 Å². The van der Waals surface area contributed by atoms with E-state index in [1.165, 1.54) is 6.92 Å². The van der Waals surface area contributed by atoms with Gasteiger partial charge in [-0.15, -0.1) is 0 Å². The van der Waals surface area contributed by atoms with Gasteiger partial charge in [0.25, 0.3) is 0 Å². The Morgan fingerprint density at radius 2 is 2.15 bits per heavy atom. The molecule has 0 saturated carbocycles. The summed E-state index contributed by atoms with van der Waals surface area (Å²) >= 11 is 0. The van der Waals surface area contributed by atoms with Crippen LogP contribution < -0.4 is 9.47 Å². The Labute approximate surface area is 118 Å². The van der Waals surface area contributed by atoms with Gasteiger partial charge in [-0.3, -0.25) is 9.59 Å². The average molecular weight is 277 g/mol. The lowest BCUT2D eigenvalue weighted by Crippen LogP contribution is -2.21. The molecule has 0 N–H and O–H groups in total. The predicted molar refractivity (Wildman–Crippen MR) is 74.9 cm³/mol. The fourth-order valence-corrected chi connectivity index (χ4v) is 2.11. The van der Waals surface area contributed by atoms with Crippen molar-refractivity contribution in [2.24, 2.45) is 0 Å². The van der Waals surface area contributed by atoms with Crippen LogP contribution in [0, 0.1) is 0 Å². The molecule has 0 aromatic heterocycles. The molecule has 1 aromatic carbocycles. The van der Waals surface area contributed by atoms with Gasteiger partial charge >= 0.3 is 0 Å². The number of likely N-dealkylation sites (N-methyl/N-ethyl adjacent to an activating group) is 1. The van der Waals surface area contributed by atoms with Crippen molar-refractivity contribution >= 4 is 11.6 Å². The minimum Gasteiger partial charge on any atom is -0.491 e. The van der Waals surface area contributed by atoms with Crippen molar-refractivity contribution in [3.8, 4) is 11.5 Å². The Hall–Kier alpha value is -1.88. The zero-order chi connectivity index (χ0) is 14.7. The Bertz CT molecular complexity index is 537. The standard InChI is InChI=1S/C15H19NO4/c1-10(17)14-13(19-9-7-16(2)3)5-4-11-12(18)6-8-20-15(11)14/h4-5H,6-9H2,1-3H3. The van der Waals surface area contributed by atoms with Gasteiger partial charge in [0.15, 0.2) is 11.6 Å². The second-order valence-electron chi connectivity index (χ2n) is 5.04. The Morgan fingerprint density at radius 3 is 2.80 bits per heavy atom. The summed E-state index contributed by atoms with van der Waals surface area (Å²) in [6, 6.07) is 3.35. The summed E-state index contributed by atoms with van der Waals surface area (Å²) in [5.74, 6) is 0.703. The molecule has 1 aromatic rings. The Morgan fingerprint density at radius 1 is 1.40 bits per heavy atom. The molecule has 0 saturated heterocycles. The summed E-state index contributed by atoms with van der Waals surface area (Å²) in [5.41, 5.74) is 0.843. The highest BCUT2D eigenvalue weighted by Crippen LogP contribution is 2.35. The molecule has 1 aliphatic heterocycles. The van der Waals surface area contributed by atoms with E-state index >= 15 is 0 Å². The number of nitrogens with zero attached hydrogens (tertiary/aromatic N) is 1. The lowest BCUT2D eigenvalue weighted by molar-refractivity contribution is 0.0930. The first-order chi connectivity index (χ1) is 9.50. The molecule has 20 heavy (non-hydrogen) atoms. The van der Waals surface area contributed by atoms with Gasteiger partial charge in [-0.05, 0) is 33.2 Å². The molecule has 108 valence electrons. The van der Waals surface area contributed by atoms with Gasteiger partial charge in [0.2, 0.25) is 0 Å². The van der Waals surface area contributed by atoms with E-state index in [0.717, 1.165) is 6.54 Å². The number of rotatable bonds is 5. The van der Waals surface area contributed by atoms with Gasteiger partial charge in [0.1, 0.15) is 23.7 Å². The number of ether oxygens (including phenoxy) is 2. The van der Waals surface area contributed by atoms with Gasteiger partial charge in [-0.2, -0.15) is 0 Å². The number of hydrogen-bond donors (Lipinski definition) is 0. The fraction of sp³-hybridized carbons (Fsp3) is 0.467. The SMILES string of the molecule is CC(=O)c1c(OCCN(C)C)ccc2c1OCCC2=O. The largest absolute Gasteiger partial charge is 0.491 e. The Balaban J connectivity index is 2.33. The van der Waals surface area contributed by atoms with Crippen molar-refractivity contribution in [2.45, 2.75) is 13.3 Å². The zero-order valence-corrected chi connectivity index (χ0v) is 12.1. The summed E-state index contributed by atoms with van der Waals surface area (Å²) in [6.07, 6.45) is 0.352. The molecule has 0 amide bonds. The highest BCUT2D eigenvalue weighted by atomic mass is 16.5. The third kappa shape index (κ3) is 2.99. The van der Waals surface area contributed by atoms with Crippen molar-refractivity contribution in [3.63, 3.8) is 0 Å². The minimum atomic E-state index is -0.156. The first-order valence-electron chi connectivity index (χ1n) is 6.62. The Kier molecular flexibility index (Phi) is 4.39. The van der Waals surface area contributed by atoms with Gasteiger partial charge in [-0.25, -0.2) is 0 Å². The van der Waals surface area contributed by atoms with Gasteiger partial charge in [-0.1, -0.05) is 0 Å². The second-order valence-corrected chi connectivity index (χ2v) is 5.04. The third-order valence-electron chi connectivity index (χ3n) is 3.14. The number of benzene rings is 1. The predicted octanol–water partition coefficient (Wildman–Crippen LogP) is 1.79. The van der Waals surface area contributed by atoms with Crippen LogP contribution in [0.3, 0.4) is 0 Å². The van der Waals surface area contributed by atoms with E-state index in [-0.39, 0.29) is 11.6 Å². The van der Waals surface area contributed by atoms with Gasteiger partial charge < -0.3 is 14.4 Å². The highest BCUT2D eigenvalue weighted by molar-refractivity contribution is 6.07. The van der Waals surface area contributed by atoms with Crippen LogP contribution in [-0.2, 0) is 0 Å². The van der Waals surface area contributed by atoms with Crippen LogP contribution in [0.25, 0.3) is 0 Å². The summed E-state index contributed by atoms with van der Waals surface area (Å²) in [6.45, 7) is 2.98. The molecule has 5 heteroatoms. The van der Waals surface area contributed by atoms with Crippen LogP contribution in [0.1, 0.15) is 34.1 Å². The third-order valence-corrected chi connectivity index (χ3v) is 3.14. The smallest absolute Gasteiger partial charge is 0.170 e. The van der Waals surface area contributed by atoms with Crippen LogP contribution in [0.15, 0.2) is 12.1 Å². The lowest BCUT2D eigenvalue weighted by Gasteiger charge is -2.21. The van der Waals surface area contributed by atoms with Gasteiger partial charge in [0, 0.05) is 13.0 Å². The molecule has 0 bridgehead atoms. The molecule has 1 aliphatic rings. The zero-order valence-electron chi connectivity index (χ0n) is 12.1. The van der Waals surface area contributed by atoms with E-state index in [9.17, 15) is 9.59 Å². The average Bonchev–Trinajstić information content (AvgIpc) is 2.37. The summed E-state index contributed by atoms with van der Waals surface area (Å²) < 4.78 is 11.2. The van der Waals surface area contributed by atoms with Crippen LogP contribution in [-0.4, -0.2) is 50.3 Å². The van der Waals surface area contributed by atoms with Crippen molar-refractivity contribution in [1.82, 2.24) is 4.90 Å². The monoisotopic (exact) mass is 277 g/mol. The lowest BCUT2D eigenvalue weighted by atomic mass is 9.98. The molecule has 0 spiro atoms. The molecule has 0 radical (unpaired) electrons. The number of ketones is 2. The first-order valence-corrected chi connectivity index (χ1v) is 6.62. The second kappa shape index (κ2) is 6.05. The van der Waals surface area contributed by atoms with Crippen LogP contribution in [0.2, 0.25) is 0 Å². The number of Topliss-reactive ketones (excluding diaryl/α,β-unsaturated/α-hetero) is 2. The summed E-state index contributed by atoms with van der Waals surface area (Å²) in [4.78, 5) is 25.7. The number of carbonyl (C=O) groups excluding carboxylic acids is 2. The fourth-order valence-electron chi connectivity index (χ4n) is 2.11. The minimum absolute atomic E-state index is 0.00796. The van der Waals surface area contributed by atoms with Crippen molar-refractivity contribution in [2.75, 3.05) is 33.9 Å². The topological polar surface area (TPSA) is 55.8 Å². The van der Waals surface area contributed by atoms with Crippen molar-refractivity contribution < 1.29 is 19.1 Å². The molecule has 5 nitrogen and oxygen atoms in total. The number of fused-ring (bicyclic) bond motifs is 1. The molecule has 0 fully saturated rings. The van der Waals surface area contributed by atoms with Gasteiger partial charge in [0.05, 0.1) is 12.2 Å². The molecular formula is C15H19NO4. The maximum atomic E-state index is 11.9. The van der Waals surface area contributed by atoms with E-state index in [1.807, 2.05) is 19.0 Å². The molecule has 0 aliphatic carbocycles. The molecule has 0 unspecified atom stereocenters. The maximum absolute atomic E-state index is 11.9. The molecule has 1 heterocycles. The van der Waals surface area contributed by atoms with E-state index in [0.29, 0.717) is 42.3 Å². The highest BCUT2D eigenvalue weighted by Gasteiger charge is 2.26. The van der Waals surface area contributed by atoms with Crippen LogP contribution in [0.5, 0.6) is 11.5 Å². The maximum Gasteiger partial charge on any atom is 0.170 e. The number of carbonyl (C=O) groups is 2.